The highest BCUT2D eigenvalue weighted by atomic mass is 19.1. The van der Waals surface area contributed by atoms with Gasteiger partial charge in [0.05, 0.1) is 13.2 Å². The topological polar surface area (TPSA) is 103 Å². The lowest BCUT2D eigenvalue weighted by Gasteiger charge is -2.23. The van der Waals surface area contributed by atoms with Crippen LogP contribution in [0.1, 0.15) is 19.4 Å². The number of esters is 2. The highest BCUT2D eigenvalue weighted by Crippen LogP contribution is 2.21. The number of carbonyl (C=O) groups excluding carboxylic acids is 2. The van der Waals surface area contributed by atoms with Gasteiger partial charge in [-0.15, -0.1) is 0 Å². The monoisotopic (exact) mass is 359 g/mol. The Morgan fingerprint density at radius 2 is 1.65 bits per heavy atom. The summed E-state index contributed by atoms with van der Waals surface area (Å²) in [5.41, 5.74) is 0.0573. The summed E-state index contributed by atoms with van der Waals surface area (Å²) in [7, 11) is 0. The van der Waals surface area contributed by atoms with E-state index in [4.69, 9.17) is 20.0 Å². The zero-order valence-corrected chi connectivity index (χ0v) is 14.5. The van der Waals surface area contributed by atoms with Crippen LogP contribution >= 0.6 is 0 Å². The summed E-state index contributed by atoms with van der Waals surface area (Å²) in [6, 6.07) is 7.22. The van der Waals surface area contributed by atoms with E-state index < -0.39 is 17.8 Å². The highest BCUT2D eigenvalue weighted by Gasteiger charge is 2.18. The van der Waals surface area contributed by atoms with Crippen LogP contribution < -0.4 is 4.90 Å². The molecule has 0 aliphatic rings. The predicted octanol–water partition coefficient (Wildman–Crippen LogP) is 2.19. The average Bonchev–Trinajstić information content (AvgIpc) is 2.60. The molecule has 0 spiro atoms. The third-order valence-electron chi connectivity index (χ3n) is 3.14. The zero-order chi connectivity index (χ0) is 19.5. The van der Waals surface area contributed by atoms with Gasteiger partial charge in [-0.05, 0) is 38.1 Å². The number of rotatable bonds is 8. The molecule has 0 N–H and O–H groups in total. The number of nitriles is 2. The summed E-state index contributed by atoms with van der Waals surface area (Å²) < 4.78 is 24.0. The molecule has 0 radical (unpaired) electrons. The van der Waals surface area contributed by atoms with Crippen molar-refractivity contribution in [3.8, 4) is 12.1 Å². The van der Waals surface area contributed by atoms with Gasteiger partial charge in [0.2, 0.25) is 0 Å². The molecular weight excluding hydrogens is 341 g/mol. The molecule has 0 atom stereocenters. The van der Waals surface area contributed by atoms with Crippen LogP contribution in [0.5, 0.6) is 0 Å². The van der Waals surface area contributed by atoms with Crippen LogP contribution in [0.25, 0.3) is 6.08 Å². The van der Waals surface area contributed by atoms with Crippen molar-refractivity contribution in [1.29, 1.82) is 10.5 Å². The maximum Gasteiger partial charge on any atom is 0.325 e. The summed E-state index contributed by atoms with van der Waals surface area (Å²) >= 11 is 0. The fourth-order valence-electron chi connectivity index (χ4n) is 2.04. The minimum Gasteiger partial charge on any atom is -0.465 e. The highest BCUT2D eigenvalue weighted by molar-refractivity contribution is 5.81. The van der Waals surface area contributed by atoms with E-state index in [0.29, 0.717) is 0 Å². The van der Waals surface area contributed by atoms with Gasteiger partial charge >= 0.3 is 11.9 Å². The van der Waals surface area contributed by atoms with Crippen molar-refractivity contribution in [1.82, 2.24) is 0 Å². The molecule has 8 heteroatoms. The van der Waals surface area contributed by atoms with Crippen LogP contribution in [0.4, 0.5) is 10.1 Å². The normalized spacial score (nSPS) is 9.42. The molecule has 0 bridgehead atoms. The third kappa shape index (κ3) is 6.25. The van der Waals surface area contributed by atoms with Gasteiger partial charge in [0, 0.05) is 11.3 Å². The summed E-state index contributed by atoms with van der Waals surface area (Å²) in [6.45, 7) is 3.13. The zero-order valence-electron chi connectivity index (χ0n) is 14.5. The first-order valence-electron chi connectivity index (χ1n) is 7.82. The molecule has 136 valence electrons. The number of allylic oxidation sites excluding steroid dienone is 1. The first kappa shape index (κ1) is 20.7. The Kier molecular flexibility index (Phi) is 8.32. The summed E-state index contributed by atoms with van der Waals surface area (Å²) in [5, 5.41) is 17.5. The number of ether oxygens (including phenoxy) is 2. The van der Waals surface area contributed by atoms with Crippen LogP contribution in [-0.2, 0) is 19.1 Å². The smallest absolute Gasteiger partial charge is 0.325 e. The van der Waals surface area contributed by atoms with Crippen molar-refractivity contribution in [2.75, 3.05) is 31.2 Å². The molecule has 0 unspecified atom stereocenters. The van der Waals surface area contributed by atoms with Crippen LogP contribution in [0.2, 0.25) is 0 Å². The summed E-state index contributed by atoms with van der Waals surface area (Å²) in [4.78, 5) is 24.8. The first-order chi connectivity index (χ1) is 12.4. The van der Waals surface area contributed by atoms with Crippen molar-refractivity contribution < 1.29 is 23.5 Å². The molecule has 0 heterocycles. The molecule has 0 amide bonds. The van der Waals surface area contributed by atoms with Gasteiger partial charge in [0.15, 0.2) is 0 Å². The van der Waals surface area contributed by atoms with Gasteiger partial charge in [-0.25, -0.2) is 4.39 Å². The second-order valence-corrected chi connectivity index (χ2v) is 4.95. The van der Waals surface area contributed by atoms with Gasteiger partial charge in [0.25, 0.3) is 0 Å². The molecule has 0 saturated heterocycles. The van der Waals surface area contributed by atoms with Crippen LogP contribution in [0.15, 0.2) is 23.8 Å². The Morgan fingerprint density at radius 3 is 2.08 bits per heavy atom. The second kappa shape index (κ2) is 10.5. The average molecular weight is 359 g/mol. The minimum absolute atomic E-state index is 0.0408. The predicted molar refractivity (Wildman–Crippen MR) is 91.1 cm³/mol. The Hall–Kier alpha value is -3.39. The molecule has 0 aromatic heterocycles. The molecule has 1 aromatic carbocycles. The van der Waals surface area contributed by atoms with E-state index in [-0.39, 0.29) is 43.1 Å². The van der Waals surface area contributed by atoms with E-state index in [1.165, 1.54) is 17.0 Å². The van der Waals surface area contributed by atoms with Crippen molar-refractivity contribution in [2.45, 2.75) is 13.8 Å². The fraction of sp³-hybridized carbons (Fsp3) is 0.333. The Balaban J connectivity index is 3.13. The standard InChI is InChI=1S/C18H18FN3O4/c1-3-25-17(23)11-22(12-18(24)26-4-2)15-6-5-14(16(19)8-15)7-13(9-20)10-21/h5-8H,3-4,11-12H2,1-2H3. The molecule has 0 saturated carbocycles. The maximum atomic E-state index is 14.3. The van der Waals surface area contributed by atoms with Gasteiger partial charge in [-0.3, -0.25) is 9.59 Å². The van der Waals surface area contributed by atoms with E-state index in [1.54, 1.807) is 26.0 Å². The third-order valence-corrected chi connectivity index (χ3v) is 3.14. The number of hydrogen-bond donors (Lipinski definition) is 0. The Morgan fingerprint density at radius 1 is 1.12 bits per heavy atom. The van der Waals surface area contributed by atoms with Crippen molar-refractivity contribution in [3.63, 3.8) is 0 Å². The van der Waals surface area contributed by atoms with Crippen LogP contribution in [0, 0.1) is 28.5 Å². The van der Waals surface area contributed by atoms with Crippen LogP contribution in [-0.4, -0.2) is 38.2 Å². The summed E-state index contributed by atoms with van der Waals surface area (Å²) in [6.07, 6.45) is 1.11. The summed E-state index contributed by atoms with van der Waals surface area (Å²) in [5.74, 6) is -1.85. The maximum absolute atomic E-state index is 14.3. The number of benzene rings is 1. The van der Waals surface area contributed by atoms with Gasteiger partial charge in [-0.1, -0.05) is 0 Å². The van der Waals surface area contributed by atoms with E-state index >= 15 is 0 Å². The molecule has 0 fully saturated rings. The van der Waals surface area contributed by atoms with Crippen molar-refractivity contribution in [3.05, 3.63) is 35.2 Å². The molecule has 1 aromatic rings. The quantitative estimate of drug-likeness (QED) is 0.517. The molecular formula is C18H18FN3O4. The second-order valence-electron chi connectivity index (χ2n) is 4.95. The van der Waals surface area contributed by atoms with Crippen molar-refractivity contribution in [2.24, 2.45) is 0 Å². The van der Waals surface area contributed by atoms with E-state index in [2.05, 4.69) is 0 Å². The van der Waals surface area contributed by atoms with Crippen LogP contribution in [0.3, 0.4) is 0 Å². The SMILES string of the molecule is CCOC(=O)CN(CC(=O)OCC)c1ccc(C=C(C#N)C#N)c(F)c1. The lowest BCUT2D eigenvalue weighted by molar-refractivity contribution is -0.142. The lowest BCUT2D eigenvalue weighted by atomic mass is 10.1. The molecule has 26 heavy (non-hydrogen) atoms. The molecule has 1 rings (SSSR count). The van der Waals surface area contributed by atoms with E-state index in [0.717, 1.165) is 12.1 Å². The molecule has 7 nitrogen and oxygen atoms in total. The molecule has 0 aliphatic heterocycles. The number of carbonyl (C=O) groups is 2. The first-order valence-corrected chi connectivity index (χ1v) is 7.82. The van der Waals surface area contributed by atoms with Gasteiger partial charge in [0.1, 0.15) is 36.6 Å². The van der Waals surface area contributed by atoms with E-state index in [9.17, 15) is 14.0 Å². The van der Waals surface area contributed by atoms with Gasteiger partial charge in [-0.2, -0.15) is 10.5 Å². The number of halogens is 1. The van der Waals surface area contributed by atoms with Crippen molar-refractivity contribution >= 4 is 23.7 Å². The lowest BCUT2D eigenvalue weighted by Crippen LogP contribution is -2.36. The number of nitrogens with zero attached hydrogens (tertiary/aromatic N) is 3. The van der Waals surface area contributed by atoms with E-state index in [1.807, 2.05) is 0 Å². The Bertz CT molecular complexity index is 742. The largest absolute Gasteiger partial charge is 0.465 e. The fourth-order valence-corrected chi connectivity index (χ4v) is 2.04. The number of anilines is 1. The van der Waals surface area contributed by atoms with Gasteiger partial charge < -0.3 is 14.4 Å². The Labute approximate surface area is 150 Å². The molecule has 0 aliphatic carbocycles. The minimum atomic E-state index is -0.705. The number of hydrogen-bond acceptors (Lipinski definition) is 7.